The van der Waals surface area contributed by atoms with Gasteiger partial charge in [0.2, 0.25) is 34.0 Å². The quantitative estimate of drug-likeness (QED) is 0.0175. The molecule has 0 saturated heterocycles. The first-order valence-corrected chi connectivity index (χ1v) is 25.3. The van der Waals surface area contributed by atoms with Gasteiger partial charge < -0.3 is 66.2 Å². The van der Waals surface area contributed by atoms with Crippen LogP contribution in [0.15, 0.2) is 112 Å². The number of esters is 9. The molecule has 0 fully saturated rings. The first kappa shape index (κ1) is 62.3. The van der Waals surface area contributed by atoms with Gasteiger partial charge in [-0.25, -0.2) is 0 Å². The van der Waals surface area contributed by atoms with E-state index in [9.17, 15) is 47.9 Å². The van der Waals surface area contributed by atoms with Crippen LogP contribution in [-0.2, 0) is 90.5 Å². The summed E-state index contributed by atoms with van der Waals surface area (Å²) in [6.07, 6.45) is 0. The lowest BCUT2D eigenvalue weighted by atomic mass is 9.89. The summed E-state index contributed by atoms with van der Waals surface area (Å²) in [6, 6.07) is 29.4. The van der Waals surface area contributed by atoms with Crippen LogP contribution in [0, 0.1) is 0 Å². The minimum Gasteiger partial charge on any atom is -0.489 e. The molecule has 25 nitrogen and oxygen atoms in total. The predicted octanol–water partition coefficient (Wildman–Crippen LogP) is 5.56. The van der Waals surface area contributed by atoms with Crippen LogP contribution >= 0.6 is 0 Å². The molecule has 83 heavy (non-hydrogen) atoms. The number of nitrogens with zero attached hydrogens (tertiary/aromatic N) is 2. The summed E-state index contributed by atoms with van der Waals surface area (Å²) in [7, 11) is 0. The van der Waals surface area contributed by atoms with Gasteiger partial charge in [-0.15, -0.1) is 0 Å². The second-order valence-corrected chi connectivity index (χ2v) is 17.6. The molecule has 4 aromatic rings. The number of anilines is 1. The van der Waals surface area contributed by atoms with Crippen molar-refractivity contribution in [3.63, 3.8) is 0 Å². The molecule has 1 aliphatic carbocycles. The maximum absolute atomic E-state index is 13.9. The summed E-state index contributed by atoms with van der Waals surface area (Å²) in [5, 5.41) is 0.492. The Balaban J connectivity index is 1.45. The number of ether oxygens (including phenoxy) is 12. The Kier molecular flexibility index (Phi) is 23.4. The Morgan fingerprint density at radius 2 is 0.928 bits per heavy atom. The van der Waals surface area contributed by atoms with E-state index in [1.54, 1.807) is 54.6 Å². The van der Waals surface area contributed by atoms with Crippen molar-refractivity contribution in [1.82, 2.24) is 4.90 Å². The van der Waals surface area contributed by atoms with Crippen LogP contribution in [0.4, 0.5) is 5.69 Å². The lowest BCUT2D eigenvalue weighted by Gasteiger charge is -2.26. The van der Waals surface area contributed by atoms with E-state index in [-0.39, 0.29) is 60.3 Å². The van der Waals surface area contributed by atoms with Crippen molar-refractivity contribution < 1.29 is 104 Å². The fourth-order valence-electron chi connectivity index (χ4n) is 7.80. The number of carbonyl (C=O) groups excluding carboxylic acids is 9. The van der Waals surface area contributed by atoms with Crippen LogP contribution in [0.5, 0.6) is 11.5 Å². The van der Waals surface area contributed by atoms with Crippen LogP contribution in [0.25, 0.3) is 55.7 Å². The molecule has 0 atom stereocenters. The first-order chi connectivity index (χ1) is 39.8. The Morgan fingerprint density at radius 3 is 1.45 bits per heavy atom. The lowest BCUT2D eigenvalue weighted by molar-refractivity contribution is -0.170. The molecule has 0 radical (unpaired) electrons. The fourth-order valence-corrected chi connectivity index (χ4v) is 7.80. The van der Waals surface area contributed by atoms with Crippen molar-refractivity contribution in [3.05, 3.63) is 113 Å². The molecule has 6 rings (SSSR count). The van der Waals surface area contributed by atoms with E-state index in [2.05, 4.69) is 9.47 Å². The van der Waals surface area contributed by atoms with Crippen molar-refractivity contribution in [2.45, 2.75) is 34.6 Å². The second-order valence-electron chi connectivity index (χ2n) is 17.6. The van der Waals surface area contributed by atoms with Gasteiger partial charge in [-0.3, -0.25) is 52.8 Å². The van der Waals surface area contributed by atoms with Gasteiger partial charge in [0.15, 0.2) is 5.43 Å². The Labute approximate surface area is 473 Å². The minimum atomic E-state index is -0.962. The maximum atomic E-state index is 13.9. The number of hydrogen-bond acceptors (Lipinski definition) is 25. The van der Waals surface area contributed by atoms with Gasteiger partial charge in [-0.2, -0.15) is 0 Å². The largest absolute Gasteiger partial charge is 0.489 e. The molecule has 438 valence electrons. The molecule has 0 N–H and O–H groups in total. The van der Waals surface area contributed by atoms with Crippen LogP contribution in [0.2, 0.25) is 0 Å². The van der Waals surface area contributed by atoms with Crippen molar-refractivity contribution >= 4 is 70.4 Å². The van der Waals surface area contributed by atoms with Gasteiger partial charge in [-0.1, -0.05) is 66.7 Å². The zero-order chi connectivity index (χ0) is 59.8. The lowest BCUT2D eigenvalue weighted by Crippen LogP contribution is -2.38. The summed E-state index contributed by atoms with van der Waals surface area (Å²) in [5.41, 5.74) is 3.58. The molecule has 0 aromatic heterocycles. The third-order valence-electron chi connectivity index (χ3n) is 11.5. The van der Waals surface area contributed by atoms with Crippen molar-refractivity contribution in [2.24, 2.45) is 0 Å². The molecular formula is C58H58N2O23. The molecule has 0 amide bonds. The summed E-state index contributed by atoms with van der Waals surface area (Å²) in [6.45, 7) is -0.542. The molecule has 0 saturated carbocycles. The number of benzene rings is 5. The van der Waals surface area contributed by atoms with E-state index >= 15 is 0 Å². The van der Waals surface area contributed by atoms with Gasteiger partial charge in [0.25, 0.3) is 0 Å². The Morgan fingerprint density at radius 1 is 0.434 bits per heavy atom. The topological polar surface area (TPSA) is 301 Å². The van der Waals surface area contributed by atoms with Crippen LogP contribution in [0.3, 0.4) is 0 Å². The molecule has 0 spiro atoms. The van der Waals surface area contributed by atoms with Crippen LogP contribution < -0.4 is 19.8 Å². The highest BCUT2D eigenvalue weighted by molar-refractivity contribution is 6.05. The Bertz CT molecular complexity index is 3240. The smallest absolute Gasteiger partial charge is 0.328 e. The van der Waals surface area contributed by atoms with Gasteiger partial charge >= 0.3 is 53.7 Å². The number of carbonyl (C=O) groups is 9. The van der Waals surface area contributed by atoms with Gasteiger partial charge in [0, 0.05) is 80.9 Å². The fraction of sp³-hybridized carbons (Fsp3) is 0.310. The zero-order valence-electron chi connectivity index (χ0n) is 45.8. The van der Waals surface area contributed by atoms with Crippen molar-refractivity contribution in [3.8, 4) is 56.2 Å². The zero-order valence-corrected chi connectivity index (χ0v) is 45.8. The standard InChI is InChI=1S/C58H58N2O23/c1-36(61)73-31-78-50-26-52-47(24-45(50)42-14-10-7-11-15-42)58(46-23-44(41-12-8-6-9-13-41)49(66)25-51(46)83-52)43-16-17-48(60(29-56(69)81-34-76-39(4)64)30-57(70)82-35-77-40(5)65)53(22-43)72-21-20-71-19-18-59(27-54(67)79-32-74-37(2)62)28-55(68)80-33-75-38(3)63/h6-17,22-26H,18-21,27-35H2,1-5H3. The maximum Gasteiger partial charge on any atom is 0.328 e. The van der Waals surface area contributed by atoms with E-state index in [0.29, 0.717) is 44.3 Å². The van der Waals surface area contributed by atoms with Crippen LogP contribution in [-0.4, -0.2) is 145 Å². The molecule has 0 bridgehead atoms. The third-order valence-corrected chi connectivity index (χ3v) is 11.5. The molecule has 2 aliphatic rings. The van der Waals surface area contributed by atoms with E-state index in [0.717, 1.165) is 27.7 Å². The highest BCUT2D eigenvalue weighted by Crippen LogP contribution is 2.46. The molecule has 25 heteroatoms. The minimum absolute atomic E-state index is 0.0230. The average Bonchev–Trinajstić information content (AvgIpc) is 1.72. The third kappa shape index (κ3) is 19.7. The summed E-state index contributed by atoms with van der Waals surface area (Å²) in [5.74, 6) is -6.67. The first-order valence-electron chi connectivity index (χ1n) is 25.3. The monoisotopic (exact) mass is 1150 g/mol. The average molecular weight is 1150 g/mol. The molecular weight excluding hydrogens is 1090 g/mol. The highest BCUT2D eigenvalue weighted by atomic mass is 16.7. The molecule has 1 aliphatic heterocycles. The van der Waals surface area contributed by atoms with E-state index < -0.39 is 114 Å². The van der Waals surface area contributed by atoms with Gasteiger partial charge in [-0.05, 0) is 41.0 Å². The Hall–Kier alpha value is -9.88. The number of rotatable bonds is 30. The number of hydrogen-bond donors (Lipinski definition) is 0. The molecule has 1 heterocycles. The molecule has 0 unspecified atom stereocenters. The molecule has 4 aromatic carbocycles. The van der Waals surface area contributed by atoms with Crippen LogP contribution in [0.1, 0.15) is 34.6 Å². The van der Waals surface area contributed by atoms with Crippen molar-refractivity contribution in [1.29, 1.82) is 0 Å². The van der Waals surface area contributed by atoms with E-state index in [1.807, 2.05) is 42.5 Å². The van der Waals surface area contributed by atoms with Crippen molar-refractivity contribution in [2.75, 3.05) is 91.4 Å². The SMILES string of the molecule is CC(=O)OCOC(=O)CN(CCOCCOc1cc(-c2c3cc(-c4ccccc4)c(=O)cc-3oc3cc(OCOC(C)=O)c(-c4ccccc4)cc23)ccc1N(CC(=O)OCOC(C)=O)CC(=O)OCOC(C)=O)CC(=O)OCOC(C)=O. The summed E-state index contributed by atoms with van der Waals surface area (Å²) >= 11 is 0. The highest BCUT2D eigenvalue weighted by Gasteiger charge is 2.27. The van der Waals surface area contributed by atoms with Gasteiger partial charge in [0.05, 0.1) is 32.0 Å². The van der Waals surface area contributed by atoms with Gasteiger partial charge in [0.1, 0.15) is 42.5 Å². The number of fused-ring (bicyclic) bond motifs is 2. The summed E-state index contributed by atoms with van der Waals surface area (Å²) < 4.78 is 69.2. The van der Waals surface area contributed by atoms with E-state index in [4.69, 9.17) is 51.8 Å². The predicted molar refractivity (Wildman–Crippen MR) is 289 cm³/mol. The van der Waals surface area contributed by atoms with E-state index in [1.165, 1.54) is 22.8 Å². The second kappa shape index (κ2) is 31.2. The summed E-state index contributed by atoms with van der Waals surface area (Å²) in [4.78, 5) is 126. The normalized spacial score (nSPS) is 10.8.